The van der Waals surface area contributed by atoms with Gasteiger partial charge in [0.15, 0.2) is 5.15 Å². The Morgan fingerprint density at radius 2 is 1.82 bits per heavy atom. The van der Waals surface area contributed by atoms with Gasteiger partial charge in [-0.25, -0.2) is 18.1 Å². The fraction of sp³-hybridized carbons (Fsp3) is 0.280. The minimum absolute atomic E-state index is 0.0876. The summed E-state index contributed by atoms with van der Waals surface area (Å²) in [5.41, 5.74) is 3.42. The van der Waals surface area contributed by atoms with E-state index in [2.05, 4.69) is 9.71 Å². The zero-order chi connectivity index (χ0) is 24.7. The maximum Gasteiger partial charge on any atom is 0.257 e. The highest BCUT2D eigenvalue weighted by Gasteiger charge is 2.15. The van der Waals surface area contributed by atoms with Crippen molar-refractivity contribution >= 4 is 45.2 Å². The average molecular weight is 520 g/mol. The minimum Gasteiger partial charge on any atom is -0.323 e. The molecule has 0 saturated carbocycles. The van der Waals surface area contributed by atoms with Crippen LogP contribution in [0.3, 0.4) is 0 Å². The molecule has 1 amide bonds. The lowest BCUT2D eigenvalue weighted by atomic mass is 10.0. The Bertz CT molecular complexity index is 1290. The van der Waals surface area contributed by atoms with Gasteiger partial charge in [0, 0.05) is 11.1 Å². The van der Waals surface area contributed by atoms with Crippen molar-refractivity contribution in [1.29, 1.82) is 0 Å². The highest BCUT2D eigenvalue weighted by Crippen LogP contribution is 2.28. The summed E-state index contributed by atoms with van der Waals surface area (Å²) in [7, 11) is -3.68. The third kappa shape index (κ3) is 6.95. The summed E-state index contributed by atoms with van der Waals surface area (Å²) in [5.74, 6) is -0.181. The maximum absolute atomic E-state index is 12.2. The van der Waals surface area contributed by atoms with Gasteiger partial charge >= 0.3 is 0 Å². The molecule has 0 atom stereocenters. The summed E-state index contributed by atoms with van der Waals surface area (Å²) in [6, 6.07) is 15.8. The summed E-state index contributed by atoms with van der Waals surface area (Å²) in [6.45, 7) is 4.16. The second kappa shape index (κ2) is 11.7. The molecule has 0 spiro atoms. The highest BCUT2D eigenvalue weighted by molar-refractivity contribution is 7.90. The molecule has 1 aromatic heterocycles. The molecule has 0 saturated heterocycles. The largest absolute Gasteiger partial charge is 0.323 e. The van der Waals surface area contributed by atoms with Crippen molar-refractivity contribution in [1.82, 2.24) is 14.3 Å². The fourth-order valence-electron chi connectivity index (χ4n) is 3.49. The molecule has 180 valence electrons. The molecule has 9 heteroatoms. The van der Waals surface area contributed by atoms with Crippen molar-refractivity contribution in [3.8, 4) is 11.1 Å². The van der Waals surface area contributed by atoms with Crippen LogP contribution in [-0.2, 0) is 21.4 Å². The molecule has 0 bridgehead atoms. The number of halogens is 2. The molecular weight excluding hydrogens is 493 g/mol. The van der Waals surface area contributed by atoms with Crippen molar-refractivity contribution in [2.45, 2.75) is 39.7 Å². The number of hydrogen-bond donors (Lipinski definition) is 1. The van der Waals surface area contributed by atoms with E-state index < -0.39 is 15.9 Å². The SMILES string of the molecule is CCCCCS(=O)(=O)NC(=O)C=Cc1c(Cl)nc(C)n1Cc1ccc(-c2ccccc2)cc1Cl. The summed E-state index contributed by atoms with van der Waals surface area (Å²) >= 11 is 12.9. The van der Waals surface area contributed by atoms with Gasteiger partial charge in [-0.05, 0) is 42.2 Å². The van der Waals surface area contributed by atoms with Gasteiger partial charge in [0.1, 0.15) is 5.82 Å². The lowest BCUT2D eigenvalue weighted by Crippen LogP contribution is -2.31. The lowest BCUT2D eigenvalue weighted by molar-refractivity contribution is -0.114. The number of aryl methyl sites for hydroxylation is 1. The Morgan fingerprint density at radius 3 is 2.50 bits per heavy atom. The van der Waals surface area contributed by atoms with E-state index in [9.17, 15) is 13.2 Å². The van der Waals surface area contributed by atoms with Crippen molar-refractivity contribution in [3.63, 3.8) is 0 Å². The third-order valence-electron chi connectivity index (χ3n) is 5.31. The number of nitrogens with zero attached hydrogens (tertiary/aromatic N) is 2. The number of benzene rings is 2. The number of amides is 1. The van der Waals surface area contributed by atoms with Gasteiger partial charge in [0.25, 0.3) is 5.91 Å². The number of imidazole rings is 1. The monoisotopic (exact) mass is 519 g/mol. The molecule has 0 fully saturated rings. The van der Waals surface area contributed by atoms with E-state index >= 15 is 0 Å². The van der Waals surface area contributed by atoms with E-state index in [0.29, 0.717) is 29.5 Å². The topological polar surface area (TPSA) is 81.1 Å². The maximum atomic E-state index is 12.2. The van der Waals surface area contributed by atoms with Gasteiger partial charge in [-0.3, -0.25) is 4.79 Å². The van der Waals surface area contributed by atoms with Crippen LogP contribution in [0.2, 0.25) is 10.2 Å². The number of hydrogen-bond acceptors (Lipinski definition) is 4. The van der Waals surface area contributed by atoms with E-state index in [1.807, 2.05) is 60.0 Å². The normalized spacial score (nSPS) is 11.8. The zero-order valence-electron chi connectivity index (χ0n) is 19.1. The molecular formula is C25H27Cl2N3O3S. The molecule has 0 unspecified atom stereocenters. The molecule has 6 nitrogen and oxygen atoms in total. The standard InChI is InChI=1S/C25H27Cl2N3O3S/c1-3-4-8-15-34(32,33)29-24(31)14-13-23-25(27)28-18(2)30(23)17-21-12-11-20(16-22(21)26)19-9-6-5-7-10-19/h5-7,9-14,16H,3-4,8,15,17H2,1-2H3,(H,29,31). The molecule has 0 aliphatic rings. The van der Waals surface area contributed by atoms with Gasteiger partial charge in [0.05, 0.1) is 18.0 Å². The van der Waals surface area contributed by atoms with Gasteiger partial charge in [0.2, 0.25) is 10.0 Å². The van der Waals surface area contributed by atoms with Gasteiger partial charge in [-0.1, -0.05) is 85.4 Å². The first kappa shape index (κ1) is 26.0. The molecule has 0 aliphatic carbocycles. The number of unbranched alkanes of at least 4 members (excludes halogenated alkanes) is 2. The number of rotatable bonds is 10. The molecule has 0 radical (unpaired) electrons. The predicted octanol–water partition coefficient (Wildman–Crippen LogP) is 5.86. The second-order valence-electron chi connectivity index (χ2n) is 7.92. The van der Waals surface area contributed by atoms with E-state index in [-0.39, 0.29) is 10.9 Å². The highest BCUT2D eigenvalue weighted by atomic mass is 35.5. The number of nitrogens with one attached hydrogen (secondary N) is 1. The van der Waals surface area contributed by atoms with Crippen LogP contribution in [0, 0.1) is 6.92 Å². The molecule has 0 aliphatic heterocycles. The lowest BCUT2D eigenvalue weighted by Gasteiger charge is -2.12. The van der Waals surface area contributed by atoms with Crippen LogP contribution in [0.1, 0.15) is 43.3 Å². The van der Waals surface area contributed by atoms with Crippen molar-refractivity contribution in [3.05, 3.63) is 81.9 Å². The first-order valence-corrected chi connectivity index (χ1v) is 13.4. The Kier molecular flexibility index (Phi) is 8.94. The Hall–Kier alpha value is -2.61. The molecule has 3 aromatic rings. The van der Waals surface area contributed by atoms with E-state index in [1.54, 1.807) is 6.92 Å². The number of carbonyl (C=O) groups excluding carboxylic acids is 1. The van der Waals surface area contributed by atoms with Crippen LogP contribution in [-0.4, -0.2) is 29.6 Å². The number of sulfonamides is 1. The van der Waals surface area contributed by atoms with Crippen LogP contribution < -0.4 is 4.72 Å². The molecule has 1 heterocycles. The van der Waals surface area contributed by atoms with Gasteiger partial charge in [-0.15, -0.1) is 0 Å². The van der Waals surface area contributed by atoms with Crippen LogP contribution in [0.25, 0.3) is 17.2 Å². The Labute approximate surface area is 210 Å². The fourth-order valence-corrected chi connectivity index (χ4v) is 5.08. The first-order valence-electron chi connectivity index (χ1n) is 11.0. The van der Waals surface area contributed by atoms with E-state index in [4.69, 9.17) is 23.2 Å². The number of aromatic nitrogens is 2. The zero-order valence-corrected chi connectivity index (χ0v) is 21.4. The van der Waals surface area contributed by atoms with Gasteiger partial charge < -0.3 is 4.57 Å². The predicted molar refractivity (Wildman–Crippen MR) is 138 cm³/mol. The number of carbonyl (C=O) groups is 1. The first-order chi connectivity index (χ1) is 16.2. The molecule has 3 rings (SSSR count). The van der Waals surface area contributed by atoms with Crippen molar-refractivity contribution in [2.75, 3.05) is 5.75 Å². The minimum atomic E-state index is -3.68. The van der Waals surface area contributed by atoms with Crippen molar-refractivity contribution in [2.24, 2.45) is 0 Å². The average Bonchev–Trinajstić information content (AvgIpc) is 3.06. The van der Waals surface area contributed by atoms with Gasteiger partial charge in [-0.2, -0.15) is 0 Å². The summed E-state index contributed by atoms with van der Waals surface area (Å²) in [6.07, 6.45) is 4.80. The second-order valence-corrected chi connectivity index (χ2v) is 10.5. The third-order valence-corrected chi connectivity index (χ3v) is 7.27. The summed E-state index contributed by atoms with van der Waals surface area (Å²) in [5, 5.41) is 0.806. The van der Waals surface area contributed by atoms with E-state index in [1.165, 1.54) is 6.08 Å². The van der Waals surface area contributed by atoms with Crippen LogP contribution in [0.15, 0.2) is 54.6 Å². The van der Waals surface area contributed by atoms with Crippen LogP contribution >= 0.6 is 23.2 Å². The molecule has 1 N–H and O–H groups in total. The van der Waals surface area contributed by atoms with Crippen LogP contribution in [0.4, 0.5) is 0 Å². The molecule has 34 heavy (non-hydrogen) atoms. The Morgan fingerprint density at radius 1 is 1.09 bits per heavy atom. The quantitative estimate of drug-likeness (QED) is 0.268. The summed E-state index contributed by atoms with van der Waals surface area (Å²) < 4.78 is 28.0. The summed E-state index contributed by atoms with van der Waals surface area (Å²) in [4.78, 5) is 16.5. The molecule has 2 aromatic carbocycles. The van der Waals surface area contributed by atoms with Crippen LogP contribution in [0.5, 0.6) is 0 Å². The van der Waals surface area contributed by atoms with Crippen molar-refractivity contribution < 1.29 is 13.2 Å². The Balaban J connectivity index is 1.77. The smallest absolute Gasteiger partial charge is 0.257 e. The van der Waals surface area contributed by atoms with E-state index in [0.717, 1.165) is 35.6 Å².